The van der Waals surface area contributed by atoms with E-state index in [1.807, 2.05) is 6.07 Å². The van der Waals surface area contributed by atoms with E-state index in [4.69, 9.17) is 32.4 Å². The van der Waals surface area contributed by atoms with E-state index in [9.17, 15) is 9.59 Å². The maximum Gasteiger partial charge on any atom is 0.259 e. The second-order valence-corrected chi connectivity index (χ2v) is 6.88. The summed E-state index contributed by atoms with van der Waals surface area (Å²) in [7, 11) is 1.54. The molecule has 9 heteroatoms. The number of hydrogen-bond acceptors (Lipinski definition) is 5. The van der Waals surface area contributed by atoms with Gasteiger partial charge in [0.15, 0.2) is 0 Å². The predicted molar refractivity (Wildman–Crippen MR) is 115 cm³/mol. The van der Waals surface area contributed by atoms with E-state index < -0.39 is 5.91 Å². The number of ether oxygens (including phenoxy) is 1. The fraction of sp³-hybridized carbons (Fsp3) is 0.0952. The van der Waals surface area contributed by atoms with E-state index in [-0.39, 0.29) is 12.5 Å². The van der Waals surface area contributed by atoms with Gasteiger partial charge in [-0.2, -0.15) is 5.10 Å². The Labute approximate surface area is 182 Å². The number of nitrogens with zero attached hydrogens (tertiary/aromatic N) is 1. The van der Waals surface area contributed by atoms with Crippen LogP contribution in [0.1, 0.15) is 16.1 Å². The Morgan fingerprint density at radius 3 is 2.57 bits per heavy atom. The first-order valence-electron chi connectivity index (χ1n) is 8.75. The summed E-state index contributed by atoms with van der Waals surface area (Å²) in [6.07, 6.45) is 1.35. The van der Waals surface area contributed by atoms with E-state index in [2.05, 4.69) is 15.8 Å². The van der Waals surface area contributed by atoms with Crippen molar-refractivity contribution >= 4 is 41.2 Å². The number of carbonyl (C=O) groups excluding carboxylic acids is 2. The van der Waals surface area contributed by atoms with E-state index in [1.54, 1.807) is 55.6 Å². The lowest BCUT2D eigenvalue weighted by atomic mass is 10.2. The largest absolute Gasteiger partial charge is 0.495 e. The van der Waals surface area contributed by atoms with Gasteiger partial charge < -0.3 is 14.5 Å². The zero-order valence-electron chi connectivity index (χ0n) is 15.8. The highest BCUT2D eigenvalue weighted by molar-refractivity contribution is 6.32. The number of furan rings is 1. The van der Waals surface area contributed by atoms with Crippen molar-refractivity contribution in [2.75, 3.05) is 13.7 Å². The van der Waals surface area contributed by atoms with Gasteiger partial charge in [-0.15, -0.1) is 0 Å². The van der Waals surface area contributed by atoms with Crippen LogP contribution in [-0.2, 0) is 4.79 Å². The summed E-state index contributed by atoms with van der Waals surface area (Å²) in [5.41, 5.74) is 3.49. The van der Waals surface area contributed by atoms with Crippen LogP contribution in [0, 0.1) is 0 Å². The van der Waals surface area contributed by atoms with Crippen molar-refractivity contribution in [3.05, 3.63) is 76.0 Å². The van der Waals surface area contributed by atoms with Gasteiger partial charge in [0.25, 0.3) is 11.8 Å². The molecule has 0 aliphatic rings. The van der Waals surface area contributed by atoms with Gasteiger partial charge in [-0.3, -0.25) is 9.59 Å². The summed E-state index contributed by atoms with van der Waals surface area (Å²) in [6.45, 7) is -0.230. The van der Waals surface area contributed by atoms with Crippen molar-refractivity contribution in [2.24, 2.45) is 5.10 Å². The van der Waals surface area contributed by atoms with Crippen molar-refractivity contribution in [1.82, 2.24) is 10.7 Å². The molecular formula is C21H17Cl2N3O4. The van der Waals surface area contributed by atoms with Crippen LogP contribution in [0.4, 0.5) is 0 Å². The number of hydrazone groups is 1. The van der Waals surface area contributed by atoms with Gasteiger partial charge in [-0.05, 0) is 54.6 Å². The van der Waals surface area contributed by atoms with Crippen molar-refractivity contribution < 1.29 is 18.7 Å². The lowest BCUT2D eigenvalue weighted by molar-refractivity contribution is -0.120. The molecule has 0 unspecified atom stereocenters. The average Bonchev–Trinajstić information content (AvgIpc) is 3.21. The quantitative estimate of drug-likeness (QED) is 0.422. The molecule has 2 N–H and O–H groups in total. The Kier molecular flexibility index (Phi) is 7.11. The van der Waals surface area contributed by atoms with Crippen molar-refractivity contribution in [2.45, 2.75) is 0 Å². The number of carbonyl (C=O) groups is 2. The molecular weight excluding hydrogens is 429 g/mol. The Balaban J connectivity index is 1.50. The number of nitrogens with one attached hydrogen (secondary N) is 2. The SMILES string of the molecule is COc1ccc(-c2ccc(/C=N\NC(=O)CNC(=O)c3ccc(Cl)cc3)o2)cc1Cl. The summed E-state index contributed by atoms with van der Waals surface area (Å²) in [4.78, 5) is 23.8. The summed E-state index contributed by atoms with van der Waals surface area (Å²) in [6, 6.07) is 15.1. The van der Waals surface area contributed by atoms with Gasteiger partial charge in [0, 0.05) is 16.1 Å². The highest BCUT2D eigenvalue weighted by Crippen LogP contribution is 2.30. The molecule has 0 saturated carbocycles. The highest BCUT2D eigenvalue weighted by atomic mass is 35.5. The third kappa shape index (κ3) is 5.62. The van der Waals surface area contributed by atoms with Gasteiger partial charge >= 0.3 is 0 Å². The molecule has 1 aromatic heterocycles. The first kappa shape index (κ1) is 21.4. The van der Waals surface area contributed by atoms with Crippen LogP contribution in [0.15, 0.2) is 64.1 Å². The van der Waals surface area contributed by atoms with Crippen molar-refractivity contribution in [1.29, 1.82) is 0 Å². The number of hydrogen-bond donors (Lipinski definition) is 2. The number of halogens is 2. The Hall–Kier alpha value is -3.29. The van der Waals surface area contributed by atoms with Gasteiger partial charge in [0.1, 0.15) is 17.3 Å². The molecule has 30 heavy (non-hydrogen) atoms. The van der Waals surface area contributed by atoms with Crippen molar-refractivity contribution in [3.63, 3.8) is 0 Å². The molecule has 0 aliphatic heterocycles. The molecule has 0 spiro atoms. The summed E-state index contributed by atoms with van der Waals surface area (Å²) >= 11 is 11.9. The van der Waals surface area contributed by atoms with Crippen LogP contribution < -0.4 is 15.5 Å². The standard InChI is InChI=1S/C21H17Cl2N3O4/c1-29-19-8-4-14(10-17(19)23)18-9-7-16(30-18)11-25-26-20(27)12-24-21(28)13-2-5-15(22)6-3-13/h2-11H,12H2,1H3,(H,24,28)(H,26,27)/b25-11-. The lowest BCUT2D eigenvalue weighted by Gasteiger charge is -2.04. The number of amides is 2. The molecule has 0 fully saturated rings. The smallest absolute Gasteiger partial charge is 0.259 e. The average molecular weight is 446 g/mol. The fourth-order valence-electron chi connectivity index (χ4n) is 2.47. The Bertz CT molecular complexity index is 1080. The van der Waals surface area contributed by atoms with Crippen LogP contribution >= 0.6 is 23.2 Å². The van der Waals surface area contributed by atoms with E-state index in [0.717, 1.165) is 5.56 Å². The summed E-state index contributed by atoms with van der Waals surface area (Å²) < 4.78 is 10.8. The first-order chi connectivity index (χ1) is 14.5. The third-order valence-corrected chi connectivity index (χ3v) is 4.51. The van der Waals surface area contributed by atoms with Gasteiger partial charge in [-0.1, -0.05) is 23.2 Å². The molecule has 3 rings (SSSR count). The zero-order chi connectivity index (χ0) is 21.5. The van der Waals surface area contributed by atoms with Crippen LogP contribution in [0.3, 0.4) is 0 Å². The number of benzene rings is 2. The van der Waals surface area contributed by atoms with E-state index in [0.29, 0.717) is 32.9 Å². The van der Waals surface area contributed by atoms with Crippen LogP contribution in [-0.4, -0.2) is 31.7 Å². The Morgan fingerprint density at radius 2 is 1.87 bits per heavy atom. The fourth-order valence-corrected chi connectivity index (χ4v) is 2.85. The Morgan fingerprint density at radius 1 is 1.10 bits per heavy atom. The molecule has 7 nitrogen and oxygen atoms in total. The minimum atomic E-state index is -0.484. The first-order valence-corrected chi connectivity index (χ1v) is 9.51. The summed E-state index contributed by atoms with van der Waals surface area (Å²) in [5.74, 6) is 0.714. The molecule has 0 aliphatic carbocycles. The van der Waals surface area contributed by atoms with Gasteiger partial charge in [0.05, 0.1) is 24.9 Å². The monoisotopic (exact) mass is 445 g/mol. The molecule has 0 radical (unpaired) electrons. The van der Waals surface area contributed by atoms with Crippen LogP contribution in [0.25, 0.3) is 11.3 Å². The third-order valence-electron chi connectivity index (χ3n) is 3.96. The topological polar surface area (TPSA) is 92.9 Å². The maximum atomic E-state index is 12.0. The molecule has 0 bridgehead atoms. The van der Waals surface area contributed by atoms with E-state index in [1.165, 1.54) is 6.21 Å². The van der Waals surface area contributed by atoms with Crippen LogP contribution in [0.5, 0.6) is 5.75 Å². The molecule has 0 atom stereocenters. The lowest BCUT2D eigenvalue weighted by Crippen LogP contribution is -2.34. The molecule has 3 aromatic rings. The minimum absolute atomic E-state index is 0.230. The number of methoxy groups -OCH3 is 1. The zero-order valence-corrected chi connectivity index (χ0v) is 17.3. The molecule has 154 valence electrons. The second-order valence-electron chi connectivity index (χ2n) is 6.03. The van der Waals surface area contributed by atoms with Gasteiger partial charge in [-0.25, -0.2) is 5.43 Å². The second kappa shape index (κ2) is 9.96. The number of rotatable bonds is 7. The minimum Gasteiger partial charge on any atom is -0.495 e. The predicted octanol–water partition coefficient (Wildman–Crippen LogP) is 4.14. The highest BCUT2D eigenvalue weighted by Gasteiger charge is 2.09. The molecule has 2 aromatic carbocycles. The van der Waals surface area contributed by atoms with Crippen LogP contribution in [0.2, 0.25) is 10.0 Å². The normalized spacial score (nSPS) is 10.8. The molecule has 2 amide bonds. The van der Waals surface area contributed by atoms with E-state index >= 15 is 0 Å². The van der Waals surface area contributed by atoms with Gasteiger partial charge in [0.2, 0.25) is 0 Å². The summed E-state index contributed by atoms with van der Waals surface area (Å²) in [5, 5.41) is 7.31. The maximum absolute atomic E-state index is 12.0. The molecule has 1 heterocycles. The van der Waals surface area contributed by atoms with Crippen molar-refractivity contribution in [3.8, 4) is 17.1 Å². The molecule has 0 saturated heterocycles.